The van der Waals surface area contributed by atoms with Crippen molar-refractivity contribution in [2.45, 2.75) is 38.5 Å². The van der Waals surface area contributed by atoms with Gasteiger partial charge >= 0.3 is 0 Å². The number of nitrogens with zero attached hydrogens (tertiary/aromatic N) is 3. The van der Waals surface area contributed by atoms with E-state index in [4.69, 9.17) is 4.74 Å². The van der Waals surface area contributed by atoms with Crippen molar-refractivity contribution in [2.24, 2.45) is 11.8 Å². The number of hydrogen-bond donors (Lipinski definition) is 0. The summed E-state index contributed by atoms with van der Waals surface area (Å²) in [5.41, 5.74) is 2.36. The molecule has 4 atom stereocenters. The van der Waals surface area contributed by atoms with E-state index in [-0.39, 0.29) is 35.9 Å². The van der Waals surface area contributed by atoms with E-state index < -0.39 is 0 Å². The van der Waals surface area contributed by atoms with Crippen LogP contribution in [0.1, 0.15) is 24.0 Å². The maximum atomic E-state index is 12.8. The molecule has 3 saturated heterocycles. The third-order valence-corrected chi connectivity index (χ3v) is 5.73. The van der Waals surface area contributed by atoms with E-state index in [1.807, 2.05) is 18.3 Å². The molecule has 0 spiro atoms. The van der Waals surface area contributed by atoms with Crippen molar-refractivity contribution in [1.29, 1.82) is 0 Å². The van der Waals surface area contributed by atoms with Gasteiger partial charge in [-0.3, -0.25) is 14.3 Å². The van der Waals surface area contributed by atoms with Crippen LogP contribution >= 0.6 is 0 Å². The van der Waals surface area contributed by atoms with Gasteiger partial charge in [-0.15, -0.1) is 0 Å². The number of imide groups is 1. The second kappa shape index (κ2) is 5.26. The van der Waals surface area contributed by atoms with Crippen LogP contribution in [0.2, 0.25) is 0 Å². The molecule has 1 aromatic heterocycles. The molecule has 0 N–H and O–H groups in total. The van der Waals surface area contributed by atoms with Crippen LogP contribution in [0.5, 0.6) is 0 Å². The molecule has 3 aliphatic heterocycles. The Morgan fingerprint density at radius 3 is 2.44 bits per heavy atom. The highest BCUT2D eigenvalue weighted by Crippen LogP contribution is 2.49. The van der Waals surface area contributed by atoms with E-state index >= 15 is 0 Å². The van der Waals surface area contributed by atoms with Gasteiger partial charge in [0.2, 0.25) is 11.8 Å². The number of rotatable bonds is 3. The fraction of sp³-hybridized carbons (Fsp3) is 0.421. The standard InChI is InChI=1S/C19H19N3O3/c1-11-4-2-3-5-12(11)10-21-9-8-15(20-21)22-18(23)16-13-6-7-14(25-13)17(16)19(22)24/h2-5,8-9,13-14,16-17H,6-7,10H2,1H3/t13-,14-,16-,17+/m1/s1. The molecular weight excluding hydrogens is 318 g/mol. The molecule has 2 bridgehead atoms. The summed E-state index contributed by atoms with van der Waals surface area (Å²) in [5, 5.41) is 4.49. The van der Waals surface area contributed by atoms with Crippen LogP contribution in [0.4, 0.5) is 5.82 Å². The minimum atomic E-state index is -0.312. The summed E-state index contributed by atoms with van der Waals surface area (Å²) < 4.78 is 7.54. The Morgan fingerprint density at radius 2 is 1.76 bits per heavy atom. The number of carbonyl (C=O) groups is 2. The van der Waals surface area contributed by atoms with Gasteiger partial charge in [0, 0.05) is 12.3 Å². The lowest BCUT2D eigenvalue weighted by atomic mass is 9.81. The maximum Gasteiger partial charge on any atom is 0.241 e. The second-order valence-corrected chi connectivity index (χ2v) is 7.15. The lowest BCUT2D eigenvalue weighted by Gasteiger charge is -2.15. The molecule has 1 aromatic carbocycles. The third kappa shape index (κ3) is 2.10. The molecule has 6 heteroatoms. The number of benzene rings is 1. The average molecular weight is 337 g/mol. The Bertz CT molecular complexity index is 846. The van der Waals surface area contributed by atoms with Crippen LogP contribution in [0.15, 0.2) is 36.5 Å². The number of amides is 2. The lowest BCUT2D eigenvalue weighted by Crippen LogP contribution is -2.34. The molecule has 0 aliphatic carbocycles. The SMILES string of the molecule is Cc1ccccc1Cn1ccc(N2C(=O)[C@@H]3[C@H](C2=O)[C@H]2CC[C@H]3O2)n1. The minimum Gasteiger partial charge on any atom is -0.373 e. The summed E-state index contributed by atoms with van der Waals surface area (Å²) in [6, 6.07) is 9.87. The summed E-state index contributed by atoms with van der Waals surface area (Å²) in [4.78, 5) is 26.8. The maximum absolute atomic E-state index is 12.8. The van der Waals surface area contributed by atoms with Gasteiger partial charge < -0.3 is 4.74 Å². The lowest BCUT2D eigenvalue weighted by molar-refractivity contribution is -0.124. The van der Waals surface area contributed by atoms with E-state index in [1.54, 1.807) is 10.7 Å². The summed E-state index contributed by atoms with van der Waals surface area (Å²) in [6.45, 7) is 2.67. The molecule has 3 aliphatic rings. The van der Waals surface area contributed by atoms with Crippen LogP contribution in [0, 0.1) is 18.8 Å². The zero-order chi connectivity index (χ0) is 17.1. The van der Waals surface area contributed by atoms with Crippen LogP contribution in [-0.2, 0) is 20.9 Å². The molecule has 25 heavy (non-hydrogen) atoms. The number of hydrogen-bond acceptors (Lipinski definition) is 4. The van der Waals surface area contributed by atoms with E-state index in [9.17, 15) is 9.59 Å². The summed E-state index contributed by atoms with van der Waals surface area (Å²) in [5.74, 6) is -0.496. The molecule has 4 heterocycles. The summed E-state index contributed by atoms with van der Waals surface area (Å²) in [6.07, 6.45) is 3.39. The normalized spacial score (nSPS) is 30.4. The van der Waals surface area contributed by atoms with E-state index in [2.05, 4.69) is 24.2 Å². The third-order valence-electron chi connectivity index (χ3n) is 5.73. The molecule has 2 aromatic rings. The van der Waals surface area contributed by atoms with Crippen LogP contribution in [0.25, 0.3) is 0 Å². The van der Waals surface area contributed by atoms with Crippen molar-refractivity contribution in [2.75, 3.05) is 4.90 Å². The van der Waals surface area contributed by atoms with Crippen molar-refractivity contribution in [3.8, 4) is 0 Å². The smallest absolute Gasteiger partial charge is 0.241 e. The van der Waals surface area contributed by atoms with Crippen LogP contribution in [-0.4, -0.2) is 33.8 Å². The van der Waals surface area contributed by atoms with Gasteiger partial charge in [-0.1, -0.05) is 24.3 Å². The molecule has 5 rings (SSSR count). The van der Waals surface area contributed by atoms with Gasteiger partial charge in [0.1, 0.15) is 0 Å². The topological polar surface area (TPSA) is 64.4 Å². The van der Waals surface area contributed by atoms with E-state index in [0.29, 0.717) is 12.4 Å². The Balaban J connectivity index is 1.41. The zero-order valence-electron chi connectivity index (χ0n) is 14.0. The van der Waals surface area contributed by atoms with Crippen molar-refractivity contribution in [1.82, 2.24) is 9.78 Å². The Hall–Kier alpha value is -2.47. The van der Waals surface area contributed by atoms with Gasteiger partial charge in [0.25, 0.3) is 0 Å². The number of aryl methyl sites for hydroxylation is 1. The second-order valence-electron chi connectivity index (χ2n) is 7.15. The fourth-order valence-corrected chi connectivity index (χ4v) is 4.46. The zero-order valence-corrected chi connectivity index (χ0v) is 14.0. The number of anilines is 1. The first-order valence-electron chi connectivity index (χ1n) is 8.75. The first kappa shape index (κ1) is 14.8. The monoisotopic (exact) mass is 337 g/mol. The van der Waals surface area contributed by atoms with Crippen LogP contribution < -0.4 is 4.90 Å². The average Bonchev–Trinajstić information content (AvgIpc) is 3.35. The van der Waals surface area contributed by atoms with Crippen molar-refractivity contribution >= 4 is 17.6 Å². The first-order chi connectivity index (χ1) is 12.1. The van der Waals surface area contributed by atoms with Crippen LogP contribution in [0.3, 0.4) is 0 Å². The molecule has 0 radical (unpaired) electrons. The molecule has 2 amide bonds. The quantitative estimate of drug-likeness (QED) is 0.803. The van der Waals surface area contributed by atoms with Gasteiger partial charge in [-0.25, -0.2) is 4.90 Å². The van der Waals surface area contributed by atoms with Crippen molar-refractivity contribution in [3.05, 3.63) is 47.7 Å². The molecule has 0 unspecified atom stereocenters. The first-order valence-corrected chi connectivity index (χ1v) is 8.75. The summed E-state index contributed by atoms with van der Waals surface area (Å²) >= 11 is 0. The van der Waals surface area contributed by atoms with Gasteiger partial charge in [-0.05, 0) is 30.9 Å². The molecule has 3 fully saturated rings. The van der Waals surface area contributed by atoms with Gasteiger partial charge in [0.15, 0.2) is 5.82 Å². The predicted molar refractivity (Wildman–Crippen MR) is 89.9 cm³/mol. The Kier molecular flexibility index (Phi) is 3.12. The molecular formula is C19H19N3O3. The number of ether oxygens (including phenoxy) is 1. The summed E-state index contributed by atoms with van der Waals surface area (Å²) in [7, 11) is 0. The highest BCUT2D eigenvalue weighted by Gasteiger charge is 2.63. The number of fused-ring (bicyclic) bond motifs is 5. The van der Waals surface area contributed by atoms with Gasteiger partial charge in [0.05, 0.1) is 30.6 Å². The van der Waals surface area contributed by atoms with E-state index in [1.165, 1.54) is 16.0 Å². The Morgan fingerprint density at radius 1 is 1.08 bits per heavy atom. The fourth-order valence-electron chi connectivity index (χ4n) is 4.46. The van der Waals surface area contributed by atoms with Crippen molar-refractivity contribution < 1.29 is 14.3 Å². The molecule has 128 valence electrons. The van der Waals surface area contributed by atoms with Gasteiger partial charge in [-0.2, -0.15) is 5.10 Å². The minimum absolute atomic E-state index is 0.0921. The molecule has 0 saturated carbocycles. The molecule has 6 nitrogen and oxygen atoms in total. The highest BCUT2D eigenvalue weighted by molar-refractivity contribution is 6.22. The highest BCUT2D eigenvalue weighted by atomic mass is 16.5. The van der Waals surface area contributed by atoms with Crippen molar-refractivity contribution in [3.63, 3.8) is 0 Å². The van der Waals surface area contributed by atoms with E-state index in [0.717, 1.165) is 12.8 Å². The number of carbonyl (C=O) groups excluding carboxylic acids is 2. The largest absolute Gasteiger partial charge is 0.373 e. The predicted octanol–water partition coefficient (Wildman–Crippen LogP) is 1.91. The Labute approximate surface area is 145 Å². The number of aromatic nitrogens is 2.